The molecule has 3 aromatic rings. The number of nitro groups is 1. The van der Waals surface area contributed by atoms with Crippen molar-refractivity contribution >= 4 is 29.2 Å². The first kappa shape index (κ1) is 29.7. The molecule has 3 rings (SSSR count). The summed E-state index contributed by atoms with van der Waals surface area (Å²) in [5.74, 6) is 0. The zero-order chi connectivity index (χ0) is 29.8. The number of nitriles is 1. The van der Waals surface area contributed by atoms with Crippen LogP contribution in [0.5, 0.6) is 0 Å². The fourth-order valence-electron chi connectivity index (χ4n) is 3.87. The number of amides is 2. The Bertz CT molecular complexity index is 1460. The van der Waals surface area contributed by atoms with Crippen molar-refractivity contribution in [3.05, 3.63) is 81.7 Å². The van der Waals surface area contributed by atoms with Crippen LogP contribution in [0.2, 0.25) is 0 Å². The summed E-state index contributed by atoms with van der Waals surface area (Å²) in [7, 11) is 0. The lowest BCUT2D eigenvalue weighted by atomic mass is 10.1. The first-order valence-electron chi connectivity index (χ1n) is 12.5. The molecule has 1 N–H and O–H groups in total. The van der Waals surface area contributed by atoms with Gasteiger partial charge in [-0.25, -0.2) is 9.59 Å². The van der Waals surface area contributed by atoms with Crippen LogP contribution in [0, 0.1) is 28.4 Å². The second-order valence-electron chi connectivity index (χ2n) is 11.2. The van der Waals surface area contributed by atoms with E-state index in [9.17, 15) is 25.0 Å². The van der Waals surface area contributed by atoms with Gasteiger partial charge in [0.25, 0.3) is 5.69 Å². The Labute approximate surface area is 233 Å². The number of carbonyl (C=O) groups is 2. The lowest BCUT2D eigenvalue weighted by Gasteiger charge is -2.29. The SMILES string of the molecule is Cc1cc(C#N)n(-c2ccc(CN(C(=O)OC(C)(C)C)c3c(NC(=O)OC(C)(C)C)cccc3[N+](=O)[O-])cc2)c1. The van der Waals surface area contributed by atoms with Crippen LogP contribution in [0.25, 0.3) is 5.69 Å². The van der Waals surface area contributed by atoms with E-state index in [-0.39, 0.29) is 17.9 Å². The van der Waals surface area contributed by atoms with E-state index in [1.807, 2.05) is 13.1 Å². The molecule has 0 aliphatic carbocycles. The largest absolute Gasteiger partial charge is 0.444 e. The smallest absolute Gasteiger partial charge is 0.415 e. The maximum absolute atomic E-state index is 13.5. The average molecular weight is 548 g/mol. The predicted octanol–water partition coefficient (Wildman–Crippen LogP) is 6.85. The number of hydrogen-bond acceptors (Lipinski definition) is 7. The summed E-state index contributed by atoms with van der Waals surface area (Å²) in [4.78, 5) is 38.6. The Balaban J connectivity index is 2.08. The van der Waals surface area contributed by atoms with Gasteiger partial charge in [-0.3, -0.25) is 20.3 Å². The van der Waals surface area contributed by atoms with Gasteiger partial charge in [0, 0.05) is 18.0 Å². The summed E-state index contributed by atoms with van der Waals surface area (Å²) in [6.07, 6.45) is 0.159. The van der Waals surface area contributed by atoms with Crippen molar-refractivity contribution < 1.29 is 24.0 Å². The second kappa shape index (κ2) is 11.5. The highest BCUT2D eigenvalue weighted by Gasteiger charge is 2.32. The highest BCUT2D eigenvalue weighted by molar-refractivity contribution is 6.00. The molecule has 0 saturated heterocycles. The number of aromatic nitrogens is 1. The molecule has 0 atom stereocenters. The van der Waals surface area contributed by atoms with Crippen LogP contribution in [0.3, 0.4) is 0 Å². The predicted molar refractivity (Wildman–Crippen MR) is 151 cm³/mol. The molecule has 0 bridgehead atoms. The van der Waals surface area contributed by atoms with Crippen LogP contribution >= 0.6 is 0 Å². The standard InChI is InChI=1S/C29H33N5O6/c1-19-15-22(16-30)32(17-19)21-13-11-20(12-14-21)18-33(27(36)40-29(5,6)7)25-23(9-8-10-24(25)34(37)38)31-26(35)39-28(2,3)4/h8-15,17H,18H2,1-7H3,(H,31,35). The molecule has 2 aromatic carbocycles. The zero-order valence-corrected chi connectivity index (χ0v) is 23.6. The third-order valence-electron chi connectivity index (χ3n) is 5.36. The monoisotopic (exact) mass is 547 g/mol. The number of aryl methyl sites for hydroxylation is 1. The number of nitrogens with zero attached hydrogens (tertiary/aromatic N) is 4. The van der Waals surface area contributed by atoms with Gasteiger partial charge in [0.05, 0.1) is 17.2 Å². The van der Waals surface area contributed by atoms with Gasteiger partial charge in [-0.05, 0) is 83.9 Å². The Morgan fingerprint density at radius 3 is 2.23 bits per heavy atom. The molecule has 0 radical (unpaired) electrons. The minimum atomic E-state index is -0.901. The van der Waals surface area contributed by atoms with Crippen LogP contribution < -0.4 is 10.2 Å². The summed E-state index contributed by atoms with van der Waals surface area (Å²) < 4.78 is 12.7. The van der Waals surface area contributed by atoms with Crippen LogP contribution in [-0.4, -0.2) is 32.9 Å². The van der Waals surface area contributed by atoms with Crippen molar-refractivity contribution in [1.82, 2.24) is 4.57 Å². The van der Waals surface area contributed by atoms with Gasteiger partial charge in [0.1, 0.15) is 28.7 Å². The minimum Gasteiger partial charge on any atom is -0.444 e. The zero-order valence-electron chi connectivity index (χ0n) is 23.6. The third-order valence-corrected chi connectivity index (χ3v) is 5.36. The lowest BCUT2D eigenvalue weighted by molar-refractivity contribution is -0.384. The Morgan fingerprint density at radius 2 is 1.68 bits per heavy atom. The average Bonchev–Trinajstić information content (AvgIpc) is 3.21. The van der Waals surface area contributed by atoms with E-state index in [1.54, 1.807) is 76.4 Å². The van der Waals surface area contributed by atoms with Crippen molar-refractivity contribution in [3.63, 3.8) is 0 Å². The Hall–Kier alpha value is -4.85. The van der Waals surface area contributed by atoms with Crippen molar-refractivity contribution in [3.8, 4) is 11.8 Å². The van der Waals surface area contributed by atoms with Gasteiger partial charge in [-0.15, -0.1) is 0 Å². The molecule has 11 nitrogen and oxygen atoms in total. The van der Waals surface area contributed by atoms with Crippen molar-refractivity contribution in [1.29, 1.82) is 5.26 Å². The van der Waals surface area contributed by atoms with E-state index < -0.39 is 34.0 Å². The molecule has 210 valence electrons. The van der Waals surface area contributed by atoms with E-state index in [4.69, 9.17) is 9.47 Å². The molecule has 0 aliphatic rings. The summed E-state index contributed by atoms with van der Waals surface area (Å²) in [6, 6.07) is 15.1. The first-order chi connectivity index (χ1) is 18.6. The summed E-state index contributed by atoms with van der Waals surface area (Å²) in [6.45, 7) is 11.9. The minimum absolute atomic E-state index is 0.00686. The van der Waals surface area contributed by atoms with E-state index in [0.717, 1.165) is 16.2 Å². The van der Waals surface area contributed by atoms with E-state index >= 15 is 0 Å². The Morgan fingerprint density at radius 1 is 1.05 bits per heavy atom. The molecule has 0 unspecified atom stereocenters. The number of nitro benzene ring substituents is 1. The summed E-state index contributed by atoms with van der Waals surface area (Å²) >= 11 is 0. The molecule has 1 heterocycles. The van der Waals surface area contributed by atoms with Crippen LogP contribution in [0.15, 0.2) is 54.7 Å². The number of anilines is 2. The number of ether oxygens (including phenoxy) is 2. The summed E-state index contributed by atoms with van der Waals surface area (Å²) in [5, 5.41) is 24.1. The molecule has 1 aromatic heterocycles. The van der Waals surface area contributed by atoms with Crippen molar-refractivity contribution in [2.24, 2.45) is 0 Å². The van der Waals surface area contributed by atoms with Gasteiger partial charge in [-0.2, -0.15) is 5.26 Å². The number of benzene rings is 2. The quantitative estimate of drug-likeness (QED) is 0.263. The number of nitrogens with one attached hydrogen (secondary N) is 1. The van der Waals surface area contributed by atoms with E-state index in [1.165, 1.54) is 18.2 Å². The molecule has 0 aliphatic heterocycles. The molecule has 11 heteroatoms. The molecular formula is C29H33N5O6. The van der Waals surface area contributed by atoms with Crippen LogP contribution in [-0.2, 0) is 16.0 Å². The fraction of sp³-hybridized carbons (Fsp3) is 0.345. The highest BCUT2D eigenvalue weighted by Crippen LogP contribution is 2.38. The van der Waals surface area contributed by atoms with Crippen molar-refractivity contribution in [2.45, 2.75) is 66.2 Å². The number of rotatable bonds is 6. The molecule has 0 fully saturated rings. The maximum Gasteiger partial charge on any atom is 0.415 e. The normalized spacial score (nSPS) is 11.3. The van der Waals surface area contributed by atoms with E-state index in [2.05, 4.69) is 11.4 Å². The van der Waals surface area contributed by atoms with Crippen LogP contribution in [0.4, 0.5) is 26.7 Å². The second-order valence-corrected chi connectivity index (χ2v) is 11.2. The molecule has 0 saturated carbocycles. The first-order valence-corrected chi connectivity index (χ1v) is 12.5. The van der Waals surface area contributed by atoms with Gasteiger partial charge in [0.2, 0.25) is 0 Å². The third kappa shape index (κ3) is 7.60. The fourth-order valence-corrected chi connectivity index (χ4v) is 3.87. The number of carbonyl (C=O) groups excluding carboxylic acids is 2. The van der Waals surface area contributed by atoms with Gasteiger partial charge >= 0.3 is 12.2 Å². The van der Waals surface area contributed by atoms with Gasteiger partial charge in [0.15, 0.2) is 0 Å². The molecule has 2 amide bonds. The molecular weight excluding hydrogens is 514 g/mol. The van der Waals surface area contributed by atoms with Crippen molar-refractivity contribution in [2.75, 3.05) is 10.2 Å². The Kier molecular flexibility index (Phi) is 8.53. The topological polar surface area (TPSA) is 140 Å². The van der Waals surface area contributed by atoms with Gasteiger partial charge in [-0.1, -0.05) is 18.2 Å². The maximum atomic E-state index is 13.5. The van der Waals surface area contributed by atoms with Crippen LogP contribution in [0.1, 0.15) is 58.4 Å². The molecule has 0 spiro atoms. The number of hydrogen-bond donors (Lipinski definition) is 1. The summed E-state index contributed by atoms with van der Waals surface area (Å²) in [5.41, 5.74) is 0.488. The van der Waals surface area contributed by atoms with Gasteiger partial charge < -0.3 is 14.0 Å². The highest BCUT2D eigenvalue weighted by atomic mass is 16.6. The number of para-hydroxylation sites is 1. The molecule has 40 heavy (non-hydrogen) atoms. The van der Waals surface area contributed by atoms with E-state index in [0.29, 0.717) is 11.3 Å². The lowest BCUT2D eigenvalue weighted by Crippen LogP contribution is -2.37.